The third-order valence-corrected chi connectivity index (χ3v) is 13.0. The molecule has 4 rings (SSSR count). The largest absolute Gasteiger partial charge is 0.493 e. The number of Topliss-reactive ketones (excluding diaryl/α,β-unsaturated/α-hetero) is 1. The molecule has 2 aliphatic carbocycles. The minimum absolute atomic E-state index is 0.00550. The number of ether oxygens (including phenoxy) is 4. The van der Waals surface area contributed by atoms with Crippen LogP contribution in [-0.2, 0) is 42.3 Å². The lowest BCUT2D eigenvalue weighted by molar-refractivity contribution is -0.145. The Morgan fingerprint density at radius 3 is 1.77 bits per heavy atom. The number of likely N-dealkylation sites (tertiary alicyclic amines) is 1. The van der Waals surface area contributed by atoms with Gasteiger partial charge in [-0.1, -0.05) is 142 Å². The van der Waals surface area contributed by atoms with Crippen LogP contribution in [0.2, 0.25) is 0 Å². The van der Waals surface area contributed by atoms with Gasteiger partial charge in [-0.05, 0) is 62.5 Å². The van der Waals surface area contributed by atoms with Crippen molar-refractivity contribution >= 4 is 17.7 Å². The van der Waals surface area contributed by atoms with Crippen LogP contribution in [-0.4, -0.2) is 56.5 Å². The van der Waals surface area contributed by atoms with Gasteiger partial charge in [-0.2, -0.15) is 0 Å². The van der Waals surface area contributed by atoms with Gasteiger partial charge in [0.05, 0.1) is 14.2 Å². The Bertz CT molecular complexity index is 1400. The highest BCUT2D eigenvalue weighted by atomic mass is 16.6. The Kier molecular flexibility index (Phi) is 20.3. The van der Waals surface area contributed by atoms with Crippen LogP contribution in [0.4, 0.5) is 0 Å². The van der Waals surface area contributed by atoms with E-state index in [1.165, 1.54) is 103 Å². The molecule has 0 spiro atoms. The Balaban J connectivity index is 1.42. The third-order valence-electron chi connectivity index (χ3n) is 13.0. The van der Waals surface area contributed by atoms with Crippen molar-refractivity contribution in [3.8, 4) is 11.5 Å². The number of piperidine rings is 1. The van der Waals surface area contributed by atoms with Gasteiger partial charge in [-0.3, -0.25) is 14.4 Å². The van der Waals surface area contributed by atoms with Crippen LogP contribution in [0.25, 0.3) is 0 Å². The number of carbonyl (C=O) groups is 3. The van der Waals surface area contributed by atoms with Crippen LogP contribution >= 0.6 is 0 Å². The highest BCUT2D eigenvalue weighted by Gasteiger charge is 2.57. The maximum absolute atomic E-state index is 13.6. The number of methoxy groups -OCH3 is 2. The number of hydrogen-bond acceptors (Lipinski definition) is 8. The summed E-state index contributed by atoms with van der Waals surface area (Å²) in [4.78, 5) is 42.6. The summed E-state index contributed by atoms with van der Waals surface area (Å²) in [7, 11) is 5.29. The molecule has 1 aromatic carbocycles. The van der Waals surface area contributed by atoms with Gasteiger partial charge >= 0.3 is 11.9 Å². The summed E-state index contributed by atoms with van der Waals surface area (Å²) in [6, 6.07) is 2.01. The zero-order valence-corrected chi connectivity index (χ0v) is 36.1. The van der Waals surface area contributed by atoms with E-state index >= 15 is 0 Å². The molecule has 1 fully saturated rings. The first-order valence-electron chi connectivity index (χ1n) is 22.9. The molecular weight excluding hydrogens is 703 g/mol. The van der Waals surface area contributed by atoms with Gasteiger partial charge in [0.25, 0.3) is 0 Å². The molecule has 1 aliphatic heterocycles. The molecule has 316 valence electrons. The van der Waals surface area contributed by atoms with Crippen molar-refractivity contribution in [2.45, 2.75) is 205 Å². The lowest BCUT2D eigenvalue weighted by Crippen LogP contribution is -2.60. The van der Waals surface area contributed by atoms with E-state index in [4.69, 9.17) is 18.9 Å². The molecule has 0 N–H and O–H groups in total. The van der Waals surface area contributed by atoms with E-state index in [0.717, 1.165) is 68.2 Å². The number of hydrogen-bond donors (Lipinski definition) is 0. The van der Waals surface area contributed by atoms with Crippen LogP contribution in [0.1, 0.15) is 197 Å². The van der Waals surface area contributed by atoms with E-state index in [1.54, 1.807) is 14.2 Å². The second-order valence-corrected chi connectivity index (χ2v) is 17.1. The molecule has 1 heterocycles. The molecule has 0 radical (unpaired) electrons. The van der Waals surface area contributed by atoms with E-state index < -0.39 is 5.41 Å². The quantitative estimate of drug-likeness (QED) is 0.0451. The fourth-order valence-electron chi connectivity index (χ4n) is 9.65. The second kappa shape index (κ2) is 24.8. The monoisotopic (exact) mass is 780 g/mol. The first-order valence-corrected chi connectivity index (χ1v) is 22.9. The van der Waals surface area contributed by atoms with Crippen molar-refractivity contribution in [1.29, 1.82) is 0 Å². The second-order valence-electron chi connectivity index (χ2n) is 17.1. The summed E-state index contributed by atoms with van der Waals surface area (Å²) in [5, 5.41) is 0. The molecule has 8 nitrogen and oxygen atoms in total. The number of unbranched alkanes of at least 4 members (excludes halogenated alkanes) is 20. The molecule has 56 heavy (non-hydrogen) atoms. The van der Waals surface area contributed by atoms with E-state index in [1.807, 2.05) is 12.1 Å². The number of carbonyl (C=O) groups excluding carboxylic acids is 3. The maximum Gasteiger partial charge on any atom is 0.311 e. The van der Waals surface area contributed by atoms with Gasteiger partial charge in [0.1, 0.15) is 6.61 Å². The van der Waals surface area contributed by atoms with Crippen molar-refractivity contribution in [1.82, 2.24) is 4.90 Å². The number of likely N-dealkylation sites (N-methyl/N-ethyl adjacent to an activating group) is 1. The summed E-state index contributed by atoms with van der Waals surface area (Å²) in [6.07, 6.45) is 31.3. The zero-order valence-electron chi connectivity index (χ0n) is 36.1. The van der Waals surface area contributed by atoms with Crippen LogP contribution in [0.15, 0.2) is 17.9 Å². The van der Waals surface area contributed by atoms with Gasteiger partial charge in [0, 0.05) is 42.2 Å². The van der Waals surface area contributed by atoms with Gasteiger partial charge in [0.2, 0.25) is 0 Å². The number of rotatable bonds is 29. The molecule has 0 amide bonds. The number of fused-ring (bicyclic) bond motifs is 1. The summed E-state index contributed by atoms with van der Waals surface area (Å²) < 4.78 is 23.8. The lowest BCUT2D eigenvalue weighted by Gasteiger charge is -2.57. The normalized spacial score (nSPS) is 20.2. The zero-order chi connectivity index (χ0) is 40.2. The first kappa shape index (κ1) is 45.8. The number of benzene rings is 1. The smallest absolute Gasteiger partial charge is 0.311 e. The highest BCUT2D eigenvalue weighted by Crippen LogP contribution is 2.59. The molecule has 0 unspecified atom stereocenters. The molecule has 3 aliphatic rings. The number of nitrogens with zero attached hydrogens (tertiary/aromatic N) is 1. The Morgan fingerprint density at radius 2 is 1.25 bits per heavy atom. The number of esters is 2. The Labute approximate surface area is 340 Å². The van der Waals surface area contributed by atoms with Crippen molar-refractivity contribution in [2.75, 3.05) is 27.8 Å². The standard InChI is InChI=1S/C48H77NO7/c1-6-8-10-12-14-16-18-20-22-24-26-28-44(51)55-36-37-32-43(54-5)47(56-45(52)29-27-25-23-21-19-17-15-13-11-9-7-2)46-38(37)33-40-39-34-42(53-4)41(50)35-48(39,46)30-31-49(40)3/h32,34,39-40H,6-31,33,35-36H2,1-5H3/t39-,40+,48-/m1/s1. The minimum Gasteiger partial charge on any atom is -0.493 e. The van der Waals surface area contributed by atoms with Crippen molar-refractivity contribution in [2.24, 2.45) is 5.92 Å². The van der Waals surface area contributed by atoms with Crippen LogP contribution < -0.4 is 9.47 Å². The molecule has 0 aromatic heterocycles. The van der Waals surface area contributed by atoms with E-state index in [0.29, 0.717) is 36.5 Å². The van der Waals surface area contributed by atoms with Crippen LogP contribution in [0, 0.1) is 5.92 Å². The summed E-state index contributed by atoms with van der Waals surface area (Å²) in [5.41, 5.74) is 2.18. The Morgan fingerprint density at radius 1 is 0.732 bits per heavy atom. The van der Waals surface area contributed by atoms with E-state index in [2.05, 4.69) is 25.8 Å². The lowest BCUT2D eigenvalue weighted by atomic mass is 9.53. The van der Waals surface area contributed by atoms with E-state index in [-0.39, 0.29) is 42.7 Å². The topological polar surface area (TPSA) is 91.4 Å². The van der Waals surface area contributed by atoms with Gasteiger partial charge in [-0.15, -0.1) is 0 Å². The predicted molar refractivity (Wildman–Crippen MR) is 225 cm³/mol. The fourth-order valence-corrected chi connectivity index (χ4v) is 9.65. The fraction of sp³-hybridized carbons (Fsp3) is 0.771. The molecule has 3 atom stereocenters. The minimum atomic E-state index is -0.584. The highest BCUT2D eigenvalue weighted by molar-refractivity contribution is 5.96. The van der Waals surface area contributed by atoms with Gasteiger partial charge < -0.3 is 23.8 Å². The van der Waals surface area contributed by atoms with Crippen molar-refractivity contribution in [3.05, 3.63) is 34.6 Å². The average molecular weight is 780 g/mol. The molecule has 1 saturated heterocycles. The van der Waals surface area contributed by atoms with Crippen molar-refractivity contribution in [3.63, 3.8) is 0 Å². The van der Waals surface area contributed by atoms with Crippen LogP contribution in [0.3, 0.4) is 0 Å². The van der Waals surface area contributed by atoms with Gasteiger partial charge in [0.15, 0.2) is 23.0 Å². The summed E-state index contributed by atoms with van der Waals surface area (Å²) >= 11 is 0. The predicted octanol–water partition coefficient (Wildman–Crippen LogP) is 11.7. The third kappa shape index (κ3) is 13.1. The molecule has 8 heteroatoms. The van der Waals surface area contributed by atoms with Crippen molar-refractivity contribution < 1.29 is 33.3 Å². The SMILES string of the molecule is CCCCCCCCCCCCCC(=O)OCc1cc(OC)c(OC(=O)CCCCCCCCCCCCC)c2c1C[C@H]1[C@H]3C=C(OC)C(=O)C[C@@]23CCN1C. The van der Waals surface area contributed by atoms with E-state index in [9.17, 15) is 14.4 Å². The molecule has 0 saturated carbocycles. The summed E-state index contributed by atoms with van der Waals surface area (Å²) in [6.45, 7) is 5.44. The molecule has 1 aromatic rings. The van der Waals surface area contributed by atoms with Crippen LogP contribution in [0.5, 0.6) is 11.5 Å². The first-order chi connectivity index (χ1) is 27.3. The number of allylic oxidation sites excluding steroid dienone is 1. The summed E-state index contributed by atoms with van der Waals surface area (Å²) in [5.74, 6) is 0.777. The Hall–Kier alpha value is -2.87. The molecule has 2 bridgehead atoms. The average Bonchev–Trinajstić information content (AvgIpc) is 3.19. The molecular formula is C48H77NO7. The number of ketones is 1. The van der Waals surface area contributed by atoms with Gasteiger partial charge in [-0.25, -0.2) is 0 Å². The maximum atomic E-state index is 13.6.